The molecule has 4 rings (SSSR count). The van der Waals surface area contributed by atoms with E-state index in [-0.39, 0.29) is 17.9 Å². The van der Waals surface area contributed by atoms with Crippen LogP contribution < -0.4 is 5.32 Å². The van der Waals surface area contributed by atoms with Gasteiger partial charge in [0.1, 0.15) is 0 Å². The number of thiophene rings is 1. The third-order valence-corrected chi connectivity index (χ3v) is 6.68. The van der Waals surface area contributed by atoms with Crippen LogP contribution in [0.5, 0.6) is 0 Å². The van der Waals surface area contributed by atoms with Gasteiger partial charge in [-0.2, -0.15) is 0 Å². The van der Waals surface area contributed by atoms with Crippen LogP contribution in [0.1, 0.15) is 70.7 Å². The van der Waals surface area contributed by atoms with E-state index >= 15 is 0 Å². The smallest absolute Gasteiger partial charge is 0.264 e. The Balaban J connectivity index is 1.53. The number of carbonyl (C=O) groups is 2. The highest BCUT2D eigenvalue weighted by molar-refractivity contribution is 7.12. The maximum Gasteiger partial charge on any atom is 0.264 e. The number of aromatic nitrogens is 1. The number of hydrogen-bond donors (Lipinski definition) is 1. The largest absolute Gasteiger partial charge is 0.349 e. The van der Waals surface area contributed by atoms with Crippen LogP contribution in [0.2, 0.25) is 0 Å². The van der Waals surface area contributed by atoms with Crippen molar-refractivity contribution in [1.29, 1.82) is 0 Å². The molecule has 2 unspecified atom stereocenters. The lowest BCUT2D eigenvalue weighted by Gasteiger charge is -2.33. The van der Waals surface area contributed by atoms with Crippen molar-refractivity contribution >= 4 is 23.2 Å². The Labute approximate surface area is 187 Å². The molecule has 0 aliphatic carbocycles. The summed E-state index contributed by atoms with van der Waals surface area (Å²) in [4.78, 5) is 33.2. The molecule has 5 nitrogen and oxygen atoms in total. The fourth-order valence-corrected chi connectivity index (χ4v) is 4.65. The quantitative estimate of drug-likeness (QED) is 0.624. The van der Waals surface area contributed by atoms with Crippen LogP contribution in [0.4, 0.5) is 0 Å². The van der Waals surface area contributed by atoms with Crippen molar-refractivity contribution < 1.29 is 9.59 Å². The molecule has 3 aromatic rings. The molecule has 0 fully saturated rings. The maximum atomic E-state index is 13.3. The van der Waals surface area contributed by atoms with Gasteiger partial charge in [-0.1, -0.05) is 50.2 Å². The number of pyridine rings is 1. The molecule has 0 bridgehead atoms. The van der Waals surface area contributed by atoms with Gasteiger partial charge in [-0.3, -0.25) is 14.6 Å². The van der Waals surface area contributed by atoms with Crippen LogP contribution in [-0.4, -0.2) is 28.2 Å². The van der Waals surface area contributed by atoms with Gasteiger partial charge in [-0.25, -0.2) is 0 Å². The molecule has 0 saturated heterocycles. The Morgan fingerprint density at radius 1 is 1.06 bits per heavy atom. The summed E-state index contributed by atoms with van der Waals surface area (Å²) in [6.45, 7) is 7.11. The van der Waals surface area contributed by atoms with E-state index in [9.17, 15) is 9.59 Å². The molecule has 0 saturated carbocycles. The van der Waals surface area contributed by atoms with Crippen molar-refractivity contribution in [3.63, 3.8) is 0 Å². The molecular formula is C25H27N3O2S. The minimum absolute atomic E-state index is 0.0420. The van der Waals surface area contributed by atoms with E-state index in [1.54, 1.807) is 11.1 Å². The zero-order valence-corrected chi connectivity index (χ0v) is 18.9. The van der Waals surface area contributed by atoms with Gasteiger partial charge in [0.15, 0.2) is 0 Å². The molecular weight excluding hydrogens is 406 g/mol. The average molecular weight is 434 g/mol. The van der Waals surface area contributed by atoms with Crippen LogP contribution >= 0.6 is 11.3 Å². The zero-order chi connectivity index (χ0) is 22.0. The number of fused-ring (bicyclic) bond motifs is 1. The molecule has 1 N–H and O–H groups in total. The first kappa shape index (κ1) is 21.2. The fourth-order valence-electron chi connectivity index (χ4n) is 3.96. The van der Waals surface area contributed by atoms with E-state index < -0.39 is 5.92 Å². The maximum absolute atomic E-state index is 13.3. The van der Waals surface area contributed by atoms with Gasteiger partial charge < -0.3 is 10.2 Å². The standard InChI is InChI=1S/C25H27N3O2S/c1-16(2)18-8-10-19(11-9-18)17(3)27-24(29)21-15-28(25(30)22-7-5-13-31-22)14-20-6-4-12-26-23(20)21/h4-13,16-17,21H,14-15H2,1-3H3,(H,27,29). The first-order chi connectivity index (χ1) is 14.9. The Kier molecular flexibility index (Phi) is 6.18. The molecule has 0 radical (unpaired) electrons. The predicted molar refractivity (Wildman–Crippen MR) is 123 cm³/mol. The van der Waals surface area contributed by atoms with E-state index in [0.717, 1.165) is 16.8 Å². The number of amides is 2. The first-order valence-corrected chi connectivity index (χ1v) is 11.5. The van der Waals surface area contributed by atoms with Gasteiger partial charge in [-0.05, 0) is 47.0 Å². The number of hydrogen-bond acceptors (Lipinski definition) is 4. The van der Waals surface area contributed by atoms with Gasteiger partial charge >= 0.3 is 0 Å². The van der Waals surface area contributed by atoms with Crippen LogP contribution in [0.3, 0.4) is 0 Å². The second-order valence-electron chi connectivity index (χ2n) is 8.31. The molecule has 2 amide bonds. The number of carbonyl (C=O) groups excluding carboxylic acids is 2. The predicted octanol–water partition coefficient (Wildman–Crippen LogP) is 4.88. The fraction of sp³-hybridized carbons (Fsp3) is 0.320. The third-order valence-electron chi connectivity index (χ3n) is 5.82. The molecule has 6 heteroatoms. The molecule has 31 heavy (non-hydrogen) atoms. The van der Waals surface area contributed by atoms with Crippen molar-refractivity contribution in [3.05, 3.63) is 87.4 Å². The van der Waals surface area contributed by atoms with Gasteiger partial charge in [0.25, 0.3) is 5.91 Å². The highest BCUT2D eigenvalue weighted by atomic mass is 32.1. The molecule has 2 atom stereocenters. The highest BCUT2D eigenvalue weighted by Crippen LogP contribution is 2.29. The summed E-state index contributed by atoms with van der Waals surface area (Å²) < 4.78 is 0. The molecule has 160 valence electrons. The van der Waals surface area contributed by atoms with E-state index in [2.05, 4.69) is 48.4 Å². The number of nitrogens with zero attached hydrogens (tertiary/aromatic N) is 2. The van der Waals surface area contributed by atoms with Gasteiger partial charge in [0.2, 0.25) is 5.91 Å². The Bertz CT molecular complexity index is 1060. The van der Waals surface area contributed by atoms with E-state index in [4.69, 9.17) is 0 Å². The van der Waals surface area contributed by atoms with Crippen molar-refractivity contribution in [2.75, 3.05) is 6.54 Å². The van der Waals surface area contributed by atoms with E-state index in [0.29, 0.717) is 23.9 Å². The average Bonchev–Trinajstić information content (AvgIpc) is 3.32. The molecule has 2 aromatic heterocycles. The van der Waals surface area contributed by atoms with Crippen LogP contribution in [0.25, 0.3) is 0 Å². The van der Waals surface area contributed by atoms with Gasteiger partial charge in [0, 0.05) is 19.3 Å². The van der Waals surface area contributed by atoms with Crippen molar-refractivity contribution in [2.45, 2.75) is 45.2 Å². The summed E-state index contributed by atoms with van der Waals surface area (Å²) >= 11 is 1.42. The number of benzene rings is 1. The summed E-state index contributed by atoms with van der Waals surface area (Å²) in [7, 11) is 0. The summed E-state index contributed by atoms with van der Waals surface area (Å²) in [5, 5.41) is 5.03. The van der Waals surface area contributed by atoms with Crippen molar-refractivity contribution in [1.82, 2.24) is 15.2 Å². The molecule has 0 spiro atoms. The number of nitrogens with one attached hydrogen (secondary N) is 1. The summed E-state index contributed by atoms with van der Waals surface area (Å²) in [6.07, 6.45) is 1.71. The third kappa shape index (κ3) is 4.54. The van der Waals surface area contributed by atoms with Crippen LogP contribution in [0.15, 0.2) is 60.1 Å². The normalized spacial score (nSPS) is 16.6. The summed E-state index contributed by atoms with van der Waals surface area (Å²) in [6, 6.07) is 15.7. The minimum atomic E-state index is -0.494. The lowest BCUT2D eigenvalue weighted by molar-refractivity contribution is -0.123. The zero-order valence-electron chi connectivity index (χ0n) is 18.0. The summed E-state index contributed by atoms with van der Waals surface area (Å²) in [5.74, 6) is -0.175. The molecule has 1 aliphatic rings. The van der Waals surface area contributed by atoms with Gasteiger partial charge in [0.05, 0.1) is 22.5 Å². The van der Waals surface area contributed by atoms with Crippen molar-refractivity contribution in [2.24, 2.45) is 0 Å². The van der Waals surface area contributed by atoms with Crippen molar-refractivity contribution in [3.8, 4) is 0 Å². The minimum Gasteiger partial charge on any atom is -0.349 e. The second kappa shape index (κ2) is 9.02. The Hall–Kier alpha value is -2.99. The summed E-state index contributed by atoms with van der Waals surface area (Å²) in [5.41, 5.74) is 4.02. The van der Waals surface area contributed by atoms with Crippen LogP contribution in [0, 0.1) is 0 Å². The molecule has 3 heterocycles. The monoisotopic (exact) mass is 433 g/mol. The molecule has 1 aliphatic heterocycles. The Morgan fingerprint density at radius 3 is 2.48 bits per heavy atom. The van der Waals surface area contributed by atoms with E-state index in [1.807, 2.05) is 36.6 Å². The highest BCUT2D eigenvalue weighted by Gasteiger charge is 2.34. The number of rotatable bonds is 5. The lowest BCUT2D eigenvalue weighted by Crippen LogP contribution is -2.44. The molecule has 1 aromatic carbocycles. The SMILES string of the molecule is CC(C)c1ccc(C(C)NC(=O)C2CN(C(=O)c3cccs3)Cc3cccnc32)cc1. The Morgan fingerprint density at radius 2 is 1.81 bits per heavy atom. The topological polar surface area (TPSA) is 62.3 Å². The van der Waals surface area contributed by atoms with Crippen LogP contribution in [-0.2, 0) is 11.3 Å². The second-order valence-corrected chi connectivity index (χ2v) is 9.26. The van der Waals surface area contributed by atoms with Gasteiger partial charge in [-0.15, -0.1) is 11.3 Å². The first-order valence-electron chi connectivity index (χ1n) is 10.6. The lowest BCUT2D eigenvalue weighted by atomic mass is 9.93. The van der Waals surface area contributed by atoms with E-state index in [1.165, 1.54) is 16.9 Å².